The lowest BCUT2D eigenvalue weighted by molar-refractivity contribution is 0.122. The van der Waals surface area contributed by atoms with E-state index in [9.17, 15) is 9.18 Å². The van der Waals surface area contributed by atoms with Crippen LogP contribution in [0.5, 0.6) is 5.75 Å². The second kappa shape index (κ2) is 10.2. The summed E-state index contributed by atoms with van der Waals surface area (Å²) in [5.74, 6) is -0.0150. The van der Waals surface area contributed by atoms with Crippen LogP contribution in [0.1, 0.15) is 19.4 Å². The average Bonchev–Trinajstić information content (AvgIpc) is 2.80. The minimum Gasteiger partial charge on any atom is -0.488 e. The molecule has 0 atom stereocenters. The van der Waals surface area contributed by atoms with Crippen LogP contribution in [-0.4, -0.2) is 42.0 Å². The largest absolute Gasteiger partial charge is 0.488 e. The number of benzene rings is 2. The molecule has 0 aliphatic carbocycles. The first-order chi connectivity index (χ1) is 15.9. The highest BCUT2D eigenvalue weighted by Gasteiger charge is 2.19. The molecule has 2 aromatic carbocycles. The summed E-state index contributed by atoms with van der Waals surface area (Å²) in [6, 6.07) is 11.8. The maximum absolute atomic E-state index is 14.5. The smallest absolute Gasteiger partial charge is 0.278 e. The lowest BCUT2D eigenvalue weighted by atomic mass is 10.2. The summed E-state index contributed by atoms with van der Waals surface area (Å²) in [4.78, 5) is 20.0. The lowest BCUT2D eigenvalue weighted by Crippen LogP contribution is -2.41. The summed E-state index contributed by atoms with van der Waals surface area (Å²) >= 11 is 6.01. The van der Waals surface area contributed by atoms with Crippen molar-refractivity contribution in [3.63, 3.8) is 0 Å². The van der Waals surface area contributed by atoms with Gasteiger partial charge >= 0.3 is 0 Å². The summed E-state index contributed by atoms with van der Waals surface area (Å²) in [7, 11) is 0. The molecule has 33 heavy (non-hydrogen) atoms. The van der Waals surface area contributed by atoms with Gasteiger partial charge in [-0.15, -0.1) is 0 Å². The number of anilines is 3. The molecule has 1 aliphatic rings. The molecule has 0 spiro atoms. The van der Waals surface area contributed by atoms with Crippen LogP contribution < -0.4 is 20.5 Å². The Labute approximate surface area is 196 Å². The molecule has 1 aromatic heterocycles. The molecule has 0 saturated carbocycles. The minimum absolute atomic E-state index is 0.141. The van der Waals surface area contributed by atoms with E-state index in [-0.39, 0.29) is 24.0 Å². The molecule has 174 valence electrons. The van der Waals surface area contributed by atoms with Gasteiger partial charge in [0, 0.05) is 29.9 Å². The number of hydrogen-bond acceptors (Lipinski definition) is 6. The second-order valence-corrected chi connectivity index (χ2v) is 8.46. The van der Waals surface area contributed by atoms with Crippen molar-refractivity contribution in [2.75, 3.05) is 36.5 Å². The SMILES string of the molecule is CC(C)Oc1ccc(Nc2ncc(N3CCOCC3)c(=O)n2Cc2ccc(Cl)cc2)cc1F. The highest BCUT2D eigenvalue weighted by Crippen LogP contribution is 2.25. The Kier molecular flexibility index (Phi) is 7.15. The number of hydrogen-bond donors (Lipinski definition) is 1. The van der Waals surface area contributed by atoms with Crippen LogP contribution >= 0.6 is 11.6 Å². The summed E-state index contributed by atoms with van der Waals surface area (Å²) in [6.07, 6.45) is 1.42. The number of aromatic nitrogens is 2. The molecule has 1 saturated heterocycles. The molecule has 0 radical (unpaired) electrons. The third kappa shape index (κ3) is 5.64. The van der Waals surface area contributed by atoms with Crippen LogP contribution in [-0.2, 0) is 11.3 Å². The van der Waals surface area contributed by atoms with Gasteiger partial charge in [0.05, 0.1) is 32.1 Å². The Bertz CT molecular complexity index is 1160. The van der Waals surface area contributed by atoms with E-state index >= 15 is 0 Å². The number of ether oxygens (including phenoxy) is 2. The minimum atomic E-state index is -0.495. The van der Waals surface area contributed by atoms with Gasteiger partial charge in [0.25, 0.3) is 5.56 Å². The van der Waals surface area contributed by atoms with Gasteiger partial charge in [-0.3, -0.25) is 9.36 Å². The van der Waals surface area contributed by atoms with E-state index < -0.39 is 5.82 Å². The van der Waals surface area contributed by atoms with Gasteiger partial charge in [0.2, 0.25) is 5.95 Å². The van der Waals surface area contributed by atoms with Gasteiger partial charge in [0.15, 0.2) is 11.6 Å². The molecule has 7 nitrogen and oxygen atoms in total. The van der Waals surface area contributed by atoms with Gasteiger partial charge in [-0.2, -0.15) is 0 Å². The predicted octanol–water partition coefficient (Wildman–Crippen LogP) is 4.45. The fourth-order valence-corrected chi connectivity index (χ4v) is 3.70. The summed E-state index contributed by atoms with van der Waals surface area (Å²) in [5, 5.41) is 3.70. The molecule has 1 aliphatic heterocycles. The summed E-state index contributed by atoms with van der Waals surface area (Å²) in [5.41, 5.74) is 1.66. The van der Waals surface area contributed by atoms with E-state index in [1.807, 2.05) is 30.9 Å². The molecule has 1 fully saturated rings. The zero-order chi connectivity index (χ0) is 23.4. The monoisotopic (exact) mass is 472 g/mol. The van der Waals surface area contributed by atoms with Crippen molar-refractivity contribution < 1.29 is 13.9 Å². The van der Waals surface area contributed by atoms with Crippen LogP contribution in [0.15, 0.2) is 53.5 Å². The Hall–Kier alpha value is -3.10. The molecular formula is C24H26ClFN4O3. The average molecular weight is 473 g/mol. The zero-order valence-corrected chi connectivity index (χ0v) is 19.3. The number of nitrogens with one attached hydrogen (secondary N) is 1. The Morgan fingerprint density at radius 2 is 1.91 bits per heavy atom. The number of nitrogens with zero attached hydrogens (tertiary/aromatic N) is 3. The van der Waals surface area contributed by atoms with Crippen LogP contribution in [0.25, 0.3) is 0 Å². The van der Waals surface area contributed by atoms with Crippen LogP contribution in [0.3, 0.4) is 0 Å². The van der Waals surface area contributed by atoms with Crippen molar-refractivity contribution in [2.45, 2.75) is 26.5 Å². The van der Waals surface area contributed by atoms with E-state index in [4.69, 9.17) is 21.1 Å². The van der Waals surface area contributed by atoms with E-state index in [0.717, 1.165) is 5.56 Å². The Morgan fingerprint density at radius 3 is 2.58 bits per heavy atom. The van der Waals surface area contributed by atoms with Gasteiger partial charge < -0.3 is 19.7 Å². The fourth-order valence-electron chi connectivity index (χ4n) is 3.58. The first kappa shape index (κ1) is 23.1. The van der Waals surface area contributed by atoms with Gasteiger partial charge in [-0.1, -0.05) is 23.7 Å². The van der Waals surface area contributed by atoms with Crippen molar-refractivity contribution in [3.05, 3.63) is 75.4 Å². The maximum Gasteiger partial charge on any atom is 0.278 e. The highest BCUT2D eigenvalue weighted by molar-refractivity contribution is 6.30. The highest BCUT2D eigenvalue weighted by atomic mass is 35.5. The number of rotatable bonds is 7. The zero-order valence-electron chi connectivity index (χ0n) is 18.6. The van der Waals surface area contributed by atoms with Crippen LogP contribution in [0.2, 0.25) is 5.02 Å². The normalized spacial score (nSPS) is 13.9. The van der Waals surface area contributed by atoms with E-state index in [0.29, 0.717) is 48.6 Å². The van der Waals surface area contributed by atoms with Crippen molar-refractivity contribution in [1.29, 1.82) is 0 Å². The van der Waals surface area contributed by atoms with Crippen molar-refractivity contribution >= 4 is 28.9 Å². The van der Waals surface area contributed by atoms with Crippen molar-refractivity contribution in [2.24, 2.45) is 0 Å². The van der Waals surface area contributed by atoms with Gasteiger partial charge in [0.1, 0.15) is 5.69 Å². The Balaban J connectivity index is 1.68. The lowest BCUT2D eigenvalue weighted by Gasteiger charge is -2.28. The molecule has 3 aromatic rings. The second-order valence-electron chi connectivity index (χ2n) is 8.02. The molecule has 1 N–H and O–H groups in total. The van der Waals surface area contributed by atoms with Gasteiger partial charge in [-0.05, 0) is 43.7 Å². The third-order valence-electron chi connectivity index (χ3n) is 5.19. The first-order valence-corrected chi connectivity index (χ1v) is 11.2. The molecule has 9 heteroatoms. The van der Waals surface area contributed by atoms with Gasteiger partial charge in [-0.25, -0.2) is 9.37 Å². The quantitative estimate of drug-likeness (QED) is 0.548. The topological polar surface area (TPSA) is 68.6 Å². The molecule has 0 bridgehead atoms. The van der Waals surface area contributed by atoms with E-state index in [2.05, 4.69) is 10.3 Å². The standard InChI is InChI=1S/C24H26ClFN4O3/c1-16(2)33-22-8-7-19(13-20(22)26)28-24-27-14-21(29-9-11-32-12-10-29)23(31)30(24)15-17-3-5-18(25)6-4-17/h3-8,13-14,16H,9-12,15H2,1-2H3,(H,27,28). The maximum atomic E-state index is 14.5. The molecule has 0 amide bonds. The van der Waals surface area contributed by atoms with Crippen molar-refractivity contribution in [3.8, 4) is 5.75 Å². The number of morpholine rings is 1. The third-order valence-corrected chi connectivity index (χ3v) is 5.44. The first-order valence-electron chi connectivity index (χ1n) is 10.8. The molecular weight excluding hydrogens is 447 g/mol. The molecule has 0 unspecified atom stereocenters. The van der Waals surface area contributed by atoms with Crippen LogP contribution in [0.4, 0.5) is 21.7 Å². The molecule has 2 heterocycles. The molecule has 4 rings (SSSR count). The summed E-state index contributed by atoms with van der Waals surface area (Å²) < 4.78 is 26.9. The fraction of sp³-hybridized carbons (Fsp3) is 0.333. The van der Waals surface area contributed by atoms with E-state index in [1.54, 1.807) is 35.0 Å². The number of halogens is 2. The summed E-state index contributed by atoms with van der Waals surface area (Å²) in [6.45, 7) is 6.30. The van der Waals surface area contributed by atoms with E-state index in [1.165, 1.54) is 6.07 Å². The Morgan fingerprint density at radius 1 is 1.18 bits per heavy atom. The van der Waals surface area contributed by atoms with Crippen LogP contribution in [0, 0.1) is 5.82 Å². The van der Waals surface area contributed by atoms with Crippen molar-refractivity contribution in [1.82, 2.24) is 9.55 Å². The predicted molar refractivity (Wildman–Crippen MR) is 128 cm³/mol.